The van der Waals surface area contributed by atoms with E-state index in [0.29, 0.717) is 11.8 Å². The summed E-state index contributed by atoms with van der Waals surface area (Å²) in [7, 11) is 0. The highest BCUT2D eigenvalue weighted by atomic mass is 32.1. The van der Waals surface area contributed by atoms with Gasteiger partial charge in [-0.3, -0.25) is 9.59 Å². The number of amides is 2. The van der Waals surface area contributed by atoms with Crippen LogP contribution in [0.2, 0.25) is 0 Å². The van der Waals surface area contributed by atoms with Crippen LogP contribution in [0.4, 0.5) is 5.13 Å². The third-order valence-corrected chi connectivity index (χ3v) is 9.76. The molecule has 0 unspecified atom stereocenters. The second kappa shape index (κ2) is 7.04. The molecule has 1 saturated heterocycles. The zero-order valence-electron chi connectivity index (χ0n) is 18.0. The number of nitrogens with one attached hydrogen (secondary N) is 1. The fourth-order valence-electron chi connectivity index (χ4n) is 7.74. The molecule has 1 aromatic rings. The zero-order valence-corrected chi connectivity index (χ0v) is 18.8. The molecule has 0 radical (unpaired) electrons. The number of nitrogens with zero attached hydrogens (tertiary/aromatic N) is 2. The maximum Gasteiger partial charge on any atom is 0.248 e. The number of carbonyl (C=O) groups is 2. The fourth-order valence-corrected chi connectivity index (χ4v) is 8.92. The van der Waals surface area contributed by atoms with Crippen LogP contribution in [-0.4, -0.2) is 34.3 Å². The summed E-state index contributed by atoms with van der Waals surface area (Å²) in [6.45, 7) is 3.03. The van der Waals surface area contributed by atoms with Gasteiger partial charge in [-0.25, -0.2) is 4.98 Å². The number of aromatic nitrogens is 1. The Labute approximate surface area is 183 Å². The molecule has 1 N–H and O–H groups in total. The van der Waals surface area contributed by atoms with E-state index >= 15 is 0 Å². The SMILES string of the molecule is C[C@@H]1CCc2nc(NC(=O)[C@H]3CCCN3C(=O)C34CC5CC(CC(C5)C3)C4)sc2C1. The number of aryl methyl sites for hydroxylation is 1. The van der Waals surface area contributed by atoms with Gasteiger partial charge in [-0.2, -0.15) is 0 Å². The van der Waals surface area contributed by atoms with Crippen molar-refractivity contribution in [3.05, 3.63) is 10.6 Å². The van der Waals surface area contributed by atoms with Gasteiger partial charge in [0.1, 0.15) is 6.04 Å². The molecule has 1 aliphatic heterocycles. The van der Waals surface area contributed by atoms with Crippen molar-refractivity contribution in [2.45, 2.75) is 83.6 Å². The molecule has 1 aromatic heterocycles. The molecule has 2 amide bonds. The first-order valence-corrected chi connectivity index (χ1v) is 12.9. The molecule has 7 rings (SSSR count). The van der Waals surface area contributed by atoms with Gasteiger partial charge in [0.25, 0.3) is 0 Å². The van der Waals surface area contributed by atoms with Gasteiger partial charge in [-0.1, -0.05) is 6.92 Å². The van der Waals surface area contributed by atoms with E-state index in [1.165, 1.54) is 36.3 Å². The van der Waals surface area contributed by atoms with E-state index in [1.807, 2.05) is 4.90 Å². The Morgan fingerprint density at radius 1 is 1.10 bits per heavy atom. The van der Waals surface area contributed by atoms with Crippen LogP contribution < -0.4 is 5.32 Å². The predicted molar refractivity (Wildman–Crippen MR) is 117 cm³/mol. The van der Waals surface area contributed by atoms with E-state index in [9.17, 15) is 9.59 Å². The lowest BCUT2D eigenvalue weighted by Gasteiger charge is -2.56. The lowest BCUT2D eigenvalue weighted by atomic mass is 9.49. The summed E-state index contributed by atoms with van der Waals surface area (Å²) >= 11 is 1.64. The first kappa shape index (κ1) is 19.3. The largest absolute Gasteiger partial charge is 0.330 e. The van der Waals surface area contributed by atoms with E-state index < -0.39 is 0 Å². The number of thiazole rings is 1. The number of likely N-dealkylation sites (tertiary alicyclic amines) is 1. The molecule has 162 valence electrons. The van der Waals surface area contributed by atoms with Crippen LogP contribution in [0.1, 0.15) is 75.3 Å². The van der Waals surface area contributed by atoms with Gasteiger partial charge in [0, 0.05) is 11.4 Å². The van der Waals surface area contributed by atoms with Crippen molar-refractivity contribution in [2.75, 3.05) is 11.9 Å². The molecule has 4 saturated carbocycles. The second-order valence-electron chi connectivity index (χ2n) is 11.1. The van der Waals surface area contributed by atoms with Crippen LogP contribution >= 0.6 is 11.3 Å². The van der Waals surface area contributed by atoms with Crippen LogP contribution in [0.3, 0.4) is 0 Å². The summed E-state index contributed by atoms with van der Waals surface area (Å²) in [5.41, 5.74) is 1.01. The highest BCUT2D eigenvalue weighted by Gasteiger charge is 2.56. The summed E-state index contributed by atoms with van der Waals surface area (Å²) < 4.78 is 0. The first-order valence-electron chi connectivity index (χ1n) is 12.1. The van der Waals surface area contributed by atoms with Crippen molar-refractivity contribution in [1.82, 2.24) is 9.88 Å². The Hall–Kier alpha value is -1.43. The summed E-state index contributed by atoms with van der Waals surface area (Å²) in [6.07, 6.45) is 12.2. The number of hydrogen-bond acceptors (Lipinski definition) is 4. The predicted octanol–water partition coefficient (Wildman–Crippen LogP) is 4.41. The van der Waals surface area contributed by atoms with Crippen molar-refractivity contribution >= 4 is 28.3 Å². The number of carbonyl (C=O) groups excluding carboxylic acids is 2. The van der Waals surface area contributed by atoms with E-state index in [0.717, 1.165) is 74.4 Å². The lowest BCUT2D eigenvalue weighted by molar-refractivity contribution is -0.160. The number of fused-ring (bicyclic) bond motifs is 1. The summed E-state index contributed by atoms with van der Waals surface area (Å²) in [5, 5.41) is 3.82. The van der Waals surface area contributed by atoms with E-state index in [1.54, 1.807) is 11.3 Å². The van der Waals surface area contributed by atoms with E-state index in [4.69, 9.17) is 4.98 Å². The molecule has 2 atom stereocenters. The van der Waals surface area contributed by atoms with Crippen LogP contribution in [0.25, 0.3) is 0 Å². The highest BCUT2D eigenvalue weighted by molar-refractivity contribution is 7.15. The Morgan fingerprint density at radius 2 is 1.80 bits per heavy atom. The number of hydrogen-bond donors (Lipinski definition) is 1. The molecule has 0 aromatic carbocycles. The minimum Gasteiger partial charge on any atom is -0.330 e. The van der Waals surface area contributed by atoms with Crippen molar-refractivity contribution in [1.29, 1.82) is 0 Å². The van der Waals surface area contributed by atoms with Crippen molar-refractivity contribution in [3.63, 3.8) is 0 Å². The molecule has 5 fully saturated rings. The van der Waals surface area contributed by atoms with Crippen LogP contribution in [0, 0.1) is 29.1 Å². The topological polar surface area (TPSA) is 62.3 Å². The van der Waals surface area contributed by atoms with Gasteiger partial charge in [-0.15, -0.1) is 11.3 Å². The fraction of sp³-hybridized carbons (Fsp3) is 0.792. The molecule has 5 aliphatic carbocycles. The normalized spacial score (nSPS) is 39.2. The van der Waals surface area contributed by atoms with Crippen LogP contribution in [0.15, 0.2) is 0 Å². The molecular weight excluding hydrogens is 394 g/mol. The monoisotopic (exact) mass is 427 g/mol. The lowest BCUT2D eigenvalue weighted by Crippen LogP contribution is -2.56. The quantitative estimate of drug-likeness (QED) is 0.777. The molecule has 6 aliphatic rings. The average Bonchev–Trinajstić information content (AvgIpc) is 3.32. The van der Waals surface area contributed by atoms with Gasteiger partial charge in [-0.05, 0) is 94.3 Å². The highest BCUT2D eigenvalue weighted by Crippen LogP contribution is 2.60. The smallest absolute Gasteiger partial charge is 0.248 e. The second-order valence-corrected chi connectivity index (χ2v) is 12.2. The Morgan fingerprint density at radius 3 is 2.50 bits per heavy atom. The van der Waals surface area contributed by atoms with Gasteiger partial charge in [0.15, 0.2) is 5.13 Å². The summed E-state index contributed by atoms with van der Waals surface area (Å²) in [5.74, 6) is 3.22. The molecule has 2 heterocycles. The van der Waals surface area contributed by atoms with Gasteiger partial charge >= 0.3 is 0 Å². The third-order valence-electron chi connectivity index (χ3n) is 8.72. The first-order chi connectivity index (χ1) is 14.5. The maximum atomic E-state index is 13.8. The van der Waals surface area contributed by atoms with Crippen molar-refractivity contribution in [2.24, 2.45) is 29.1 Å². The Kier molecular flexibility index (Phi) is 4.52. The van der Waals surface area contributed by atoms with E-state index in [-0.39, 0.29) is 17.4 Å². The molecule has 4 bridgehead atoms. The average molecular weight is 428 g/mol. The van der Waals surface area contributed by atoms with Crippen LogP contribution in [0.5, 0.6) is 0 Å². The molecule has 0 spiro atoms. The van der Waals surface area contributed by atoms with E-state index in [2.05, 4.69) is 12.2 Å². The Bertz CT molecular complexity index is 843. The standard InChI is InChI=1S/C24H33N3O2S/c1-14-4-5-18-20(7-14)30-23(25-18)26-21(28)19-3-2-6-27(19)22(29)24-11-15-8-16(12-24)10-17(9-15)13-24/h14-17,19H,2-13H2,1H3,(H,25,26,28)/t14-,15?,16?,17?,19-,24?/m1/s1. The molecule has 5 nitrogen and oxygen atoms in total. The number of rotatable bonds is 3. The van der Waals surface area contributed by atoms with Gasteiger partial charge in [0.05, 0.1) is 11.1 Å². The minimum absolute atomic E-state index is 0.0234. The molecule has 6 heteroatoms. The number of anilines is 1. The van der Waals surface area contributed by atoms with Gasteiger partial charge < -0.3 is 10.2 Å². The van der Waals surface area contributed by atoms with Crippen molar-refractivity contribution < 1.29 is 9.59 Å². The maximum absolute atomic E-state index is 13.8. The molecular formula is C24H33N3O2S. The summed E-state index contributed by atoms with van der Waals surface area (Å²) in [4.78, 5) is 35.0. The van der Waals surface area contributed by atoms with Crippen LogP contribution in [-0.2, 0) is 22.4 Å². The third kappa shape index (κ3) is 3.12. The van der Waals surface area contributed by atoms with Gasteiger partial charge in [0.2, 0.25) is 11.8 Å². The van der Waals surface area contributed by atoms with Crippen molar-refractivity contribution in [3.8, 4) is 0 Å². The minimum atomic E-state index is -0.314. The summed E-state index contributed by atoms with van der Waals surface area (Å²) in [6, 6.07) is -0.314. The zero-order chi connectivity index (χ0) is 20.5. The molecule has 30 heavy (non-hydrogen) atoms. The Balaban J connectivity index is 1.18.